The number of aromatic nitrogens is 2. The molecule has 1 N–H and O–H groups in total. The van der Waals surface area contributed by atoms with Crippen LogP contribution in [0.25, 0.3) is 0 Å². The van der Waals surface area contributed by atoms with Crippen LogP contribution in [0.3, 0.4) is 0 Å². The maximum atomic E-state index is 5.86. The number of nitrogens with one attached hydrogen (secondary N) is 1. The van der Waals surface area contributed by atoms with Gasteiger partial charge in [-0.2, -0.15) is 5.10 Å². The Balaban J connectivity index is 1.95. The molecule has 0 atom stereocenters. The zero-order valence-electron chi connectivity index (χ0n) is 13.2. The maximum absolute atomic E-state index is 5.86. The Kier molecular flexibility index (Phi) is 5.81. The minimum absolute atomic E-state index is 0.478. The van der Waals surface area contributed by atoms with Gasteiger partial charge in [0.25, 0.3) is 0 Å². The second-order valence-electron chi connectivity index (χ2n) is 5.53. The third-order valence-electron chi connectivity index (χ3n) is 3.28. The standard InChI is InChI=1S/C17H25N3O/c1-4-9-20-12-17(11-19-20)21-13-16-8-6-5-7-15(16)10-18-14(2)3/h5-8,11-12,14,18H,4,9-10,13H2,1-3H3. The normalized spacial score (nSPS) is 11.0. The van der Waals surface area contributed by atoms with E-state index in [0.29, 0.717) is 12.6 Å². The van der Waals surface area contributed by atoms with Crippen molar-refractivity contribution in [3.63, 3.8) is 0 Å². The molecule has 4 nitrogen and oxygen atoms in total. The largest absolute Gasteiger partial charge is 0.486 e. The summed E-state index contributed by atoms with van der Waals surface area (Å²) in [5.41, 5.74) is 2.50. The number of hydrogen-bond donors (Lipinski definition) is 1. The van der Waals surface area contributed by atoms with Crippen LogP contribution in [0.4, 0.5) is 0 Å². The summed E-state index contributed by atoms with van der Waals surface area (Å²) >= 11 is 0. The third-order valence-corrected chi connectivity index (χ3v) is 3.28. The van der Waals surface area contributed by atoms with E-state index in [1.54, 1.807) is 6.20 Å². The minimum atomic E-state index is 0.478. The fraction of sp³-hybridized carbons (Fsp3) is 0.471. The lowest BCUT2D eigenvalue weighted by molar-refractivity contribution is 0.304. The van der Waals surface area contributed by atoms with Gasteiger partial charge >= 0.3 is 0 Å². The van der Waals surface area contributed by atoms with E-state index in [0.717, 1.165) is 25.3 Å². The van der Waals surface area contributed by atoms with E-state index in [2.05, 4.69) is 55.5 Å². The van der Waals surface area contributed by atoms with Gasteiger partial charge in [0.05, 0.1) is 12.4 Å². The molecule has 0 saturated carbocycles. The molecule has 114 valence electrons. The average Bonchev–Trinajstić information content (AvgIpc) is 2.92. The van der Waals surface area contributed by atoms with Gasteiger partial charge in [-0.05, 0) is 17.5 Å². The van der Waals surface area contributed by atoms with Crippen molar-refractivity contribution in [2.75, 3.05) is 0 Å². The van der Waals surface area contributed by atoms with Crippen LogP contribution >= 0.6 is 0 Å². The average molecular weight is 287 g/mol. The van der Waals surface area contributed by atoms with E-state index < -0.39 is 0 Å². The molecule has 21 heavy (non-hydrogen) atoms. The smallest absolute Gasteiger partial charge is 0.157 e. The highest BCUT2D eigenvalue weighted by Gasteiger charge is 2.05. The summed E-state index contributed by atoms with van der Waals surface area (Å²) in [5, 5.41) is 7.73. The van der Waals surface area contributed by atoms with Crippen LogP contribution < -0.4 is 10.1 Å². The molecule has 0 aliphatic rings. The molecule has 4 heteroatoms. The van der Waals surface area contributed by atoms with Crippen molar-refractivity contribution >= 4 is 0 Å². The molecule has 0 amide bonds. The first kappa shape index (κ1) is 15.6. The van der Waals surface area contributed by atoms with Gasteiger partial charge < -0.3 is 10.1 Å². The fourth-order valence-corrected chi connectivity index (χ4v) is 2.12. The molecule has 0 aliphatic heterocycles. The molecule has 0 fully saturated rings. The van der Waals surface area contributed by atoms with E-state index in [4.69, 9.17) is 4.74 Å². The van der Waals surface area contributed by atoms with E-state index in [1.165, 1.54) is 11.1 Å². The molecule has 0 unspecified atom stereocenters. The Hall–Kier alpha value is -1.81. The zero-order valence-corrected chi connectivity index (χ0v) is 13.2. The summed E-state index contributed by atoms with van der Waals surface area (Å²) in [7, 11) is 0. The van der Waals surface area contributed by atoms with Crippen LogP contribution in [0.5, 0.6) is 5.75 Å². The summed E-state index contributed by atoms with van der Waals surface area (Å²) in [6.45, 7) is 8.82. The summed E-state index contributed by atoms with van der Waals surface area (Å²) < 4.78 is 7.77. The van der Waals surface area contributed by atoms with Crippen LogP contribution in [-0.4, -0.2) is 15.8 Å². The van der Waals surface area contributed by atoms with E-state index in [9.17, 15) is 0 Å². The molecular weight excluding hydrogens is 262 g/mol. The minimum Gasteiger partial charge on any atom is -0.486 e. The summed E-state index contributed by atoms with van der Waals surface area (Å²) in [6.07, 6.45) is 4.81. The molecule has 0 spiro atoms. The van der Waals surface area contributed by atoms with Crippen molar-refractivity contribution in [2.24, 2.45) is 0 Å². The zero-order chi connectivity index (χ0) is 15.1. The van der Waals surface area contributed by atoms with Crippen molar-refractivity contribution < 1.29 is 4.74 Å². The lowest BCUT2D eigenvalue weighted by atomic mass is 10.1. The van der Waals surface area contributed by atoms with E-state index >= 15 is 0 Å². The van der Waals surface area contributed by atoms with Crippen LogP contribution in [0.15, 0.2) is 36.7 Å². The highest BCUT2D eigenvalue weighted by molar-refractivity contribution is 5.27. The van der Waals surface area contributed by atoms with Crippen LogP contribution in [-0.2, 0) is 19.7 Å². The molecule has 0 bridgehead atoms. The van der Waals surface area contributed by atoms with Crippen molar-refractivity contribution in [3.8, 4) is 5.75 Å². The van der Waals surface area contributed by atoms with E-state index in [1.807, 2.05) is 10.9 Å². The first-order valence-corrected chi connectivity index (χ1v) is 7.64. The predicted molar refractivity (Wildman–Crippen MR) is 85.3 cm³/mol. The lowest BCUT2D eigenvalue weighted by Gasteiger charge is -2.12. The molecule has 2 rings (SSSR count). The summed E-state index contributed by atoms with van der Waals surface area (Å²) in [6, 6.07) is 8.87. The topological polar surface area (TPSA) is 39.1 Å². The third kappa shape index (κ3) is 4.90. The van der Waals surface area contributed by atoms with Crippen LogP contribution in [0.2, 0.25) is 0 Å². The molecule has 1 aromatic heterocycles. The highest BCUT2D eigenvalue weighted by atomic mass is 16.5. The Labute approximate surface area is 127 Å². The molecular formula is C17H25N3O. The van der Waals surface area contributed by atoms with Gasteiger partial charge in [0, 0.05) is 19.1 Å². The summed E-state index contributed by atoms with van der Waals surface area (Å²) in [5.74, 6) is 0.829. The Morgan fingerprint density at radius 2 is 2.00 bits per heavy atom. The molecule has 1 aromatic carbocycles. The quantitative estimate of drug-likeness (QED) is 0.809. The van der Waals surface area contributed by atoms with Crippen molar-refractivity contribution in [1.82, 2.24) is 15.1 Å². The second-order valence-corrected chi connectivity index (χ2v) is 5.53. The van der Waals surface area contributed by atoms with Crippen molar-refractivity contribution in [3.05, 3.63) is 47.8 Å². The van der Waals surface area contributed by atoms with Gasteiger partial charge in [-0.3, -0.25) is 4.68 Å². The predicted octanol–water partition coefficient (Wildman–Crippen LogP) is 3.37. The molecule has 2 aromatic rings. The fourth-order valence-electron chi connectivity index (χ4n) is 2.12. The highest BCUT2D eigenvalue weighted by Crippen LogP contribution is 2.15. The van der Waals surface area contributed by atoms with Crippen molar-refractivity contribution in [2.45, 2.75) is 52.9 Å². The number of benzene rings is 1. The Morgan fingerprint density at radius 1 is 1.24 bits per heavy atom. The van der Waals surface area contributed by atoms with Gasteiger partial charge in [0.2, 0.25) is 0 Å². The lowest BCUT2D eigenvalue weighted by Crippen LogP contribution is -2.22. The number of ether oxygens (including phenoxy) is 1. The van der Waals surface area contributed by atoms with E-state index in [-0.39, 0.29) is 0 Å². The molecule has 1 heterocycles. The van der Waals surface area contributed by atoms with Crippen LogP contribution in [0.1, 0.15) is 38.3 Å². The summed E-state index contributed by atoms with van der Waals surface area (Å²) in [4.78, 5) is 0. The molecule has 0 aliphatic carbocycles. The van der Waals surface area contributed by atoms with Gasteiger partial charge in [-0.1, -0.05) is 45.0 Å². The van der Waals surface area contributed by atoms with Gasteiger partial charge in [0.15, 0.2) is 5.75 Å². The number of nitrogens with zero attached hydrogens (tertiary/aromatic N) is 2. The molecule has 0 saturated heterocycles. The SMILES string of the molecule is CCCn1cc(OCc2ccccc2CNC(C)C)cn1. The Morgan fingerprint density at radius 3 is 2.71 bits per heavy atom. The Bertz CT molecular complexity index is 548. The monoisotopic (exact) mass is 287 g/mol. The maximum Gasteiger partial charge on any atom is 0.157 e. The first-order valence-electron chi connectivity index (χ1n) is 7.64. The number of rotatable bonds is 8. The molecule has 0 radical (unpaired) electrons. The second kappa shape index (κ2) is 7.84. The first-order chi connectivity index (χ1) is 10.2. The van der Waals surface area contributed by atoms with Crippen LogP contribution in [0, 0.1) is 0 Å². The van der Waals surface area contributed by atoms with Crippen molar-refractivity contribution in [1.29, 1.82) is 0 Å². The van der Waals surface area contributed by atoms with Gasteiger partial charge in [-0.25, -0.2) is 0 Å². The number of hydrogen-bond acceptors (Lipinski definition) is 3. The van der Waals surface area contributed by atoms with Gasteiger partial charge in [0.1, 0.15) is 6.61 Å². The van der Waals surface area contributed by atoms with Gasteiger partial charge in [-0.15, -0.1) is 0 Å². The number of aryl methyl sites for hydroxylation is 1.